The van der Waals surface area contributed by atoms with E-state index in [4.69, 9.17) is 10.5 Å². The molecule has 0 aliphatic rings. The molecule has 2 nitrogen and oxygen atoms in total. The largest absolute Gasteiger partial charge is 0.379 e. The van der Waals surface area contributed by atoms with Crippen LogP contribution in [0.15, 0.2) is 30.3 Å². The van der Waals surface area contributed by atoms with Crippen LogP contribution in [0.5, 0.6) is 0 Å². The first kappa shape index (κ1) is 13.2. The molecule has 1 aromatic carbocycles. The van der Waals surface area contributed by atoms with E-state index in [1.807, 2.05) is 6.07 Å². The van der Waals surface area contributed by atoms with Crippen molar-refractivity contribution in [2.75, 3.05) is 7.11 Å². The lowest BCUT2D eigenvalue weighted by molar-refractivity contribution is 0.00960. The maximum Gasteiger partial charge on any atom is 0.0637 e. The number of ether oxygens (including phenoxy) is 1. The summed E-state index contributed by atoms with van der Waals surface area (Å²) >= 11 is 0. The van der Waals surface area contributed by atoms with E-state index in [-0.39, 0.29) is 11.6 Å². The van der Waals surface area contributed by atoms with Crippen molar-refractivity contribution in [3.8, 4) is 0 Å². The molecular formula is C14H23NO. The molecule has 0 spiro atoms. The van der Waals surface area contributed by atoms with Gasteiger partial charge in [-0.05, 0) is 38.7 Å². The Hall–Kier alpha value is -0.860. The van der Waals surface area contributed by atoms with Crippen LogP contribution in [0.2, 0.25) is 0 Å². The third-order valence-electron chi connectivity index (χ3n) is 2.95. The molecule has 2 N–H and O–H groups in total. The molecule has 1 rings (SSSR count). The average Bonchev–Trinajstić information content (AvgIpc) is 2.27. The van der Waals surface area contributed by atoms with Gasteiger partial charge in [-0.25, -0.2) is 0 Å². The summed E-state index contributed by atoms with van der Waals surface area (Å²) in [5, 5.41) is 0. The first-order valence-corrected chi connectivity index (χ1v) is 5.88. The third-order valence-corrected chi connectivity index (χ3v) is 2.95. The van der Waals surface area contributed by atoms with Gasteiger partial charge < -0.3 is 10.5 Å². The Bertz CT molecular complexity index is 295. The van der Waals surface area contributed by atoms with Gasteiger partial charge >= 0.3 is 0 Å². The molecule has 0 aliphatic carbocycles. The van der Waals surface area contributed by atoms with E-state index < -0.39 is 0 Å². The summed E-state index contributed by atoms with van der Waals surface area (Å²) in [5.41, 5.74) is 7.34. The molecule has 0 radical (unpaired) electrons. The highest BCUT2D eigenvalue weighted by Gasteiger charge is 2.20. The molecule has 0 bridgehead atoms. The molecular weight excluding hydrogens is 198 g/mol. The third kappa shape index (κ3) is 4.77. The van der Waals surface area contributed by atoms with Crippen LogP contribution in [0.4, 0.5) is 0 Å². The van der Waals surface area contributed by atoms with E-state index in [9.17, 15) is 0 Å². The number of nitrogens with two attached hydrogens (primary N) is 1. The van der Waals surface area contributed by atoms with Crippen molar-refractivity contribution in [2.24, 2.45) is 5.73 Å². The average molecular weight is 221 g/mol. The lowest BCUT2D eigenvalue weighted by Crippen LogP contribution is -2.33. The van der Waals surface area contributed by atoms with Crippen LogP contribution < -0.4 is 5.73 Å². The number of methoxy groups -OCH3 is 1. The van der Waals surface area contributed by atoms with Gasteiger partial charge in [0.05, 0.1) is 5.60 Å². The zero-order chi connectivity index (χ0) is 12.0. The lowest BCUT2D eigenvalue weighted by atomic mass is 9.95. The molecule has 0 heterocycles. The topological polar surface area (TPSA) is 35.2 Å². The maximum absolute atomic E-state index is 6.10. The van der Waals surface area contributed by atoms with E-state index in [1.54, 1.807) is 7.11 Å². The lowest BCUT2D eigenvalue weighted by Gasteiger charge is -2.26. The van der Waals surface area contributed by atoms with Gasteiger partial charge in [0.2, 0.25) is 0 Å². The molecule has 0 saturated heterocycles. The maximum atomic E-state index is 6.10. The first-order chi connectivity index (χ1) is 7.53. The van der Waals surface area contributed by atoms with Crippen molar-refractivity contribution in [3.63, 3.8) is 0 Å². The molecule has 0 aromatic heterocycles. The van der Waals surface area contributed by atoms with Gasteiger partial charge in [-0.15, -0.1) is 0 Å². The molecule has 0 amide bonds. The summed E-state index contributed by atoms with van der Waals surface area (Å²) in [6.45, 7) is 4.16. The van der Waals surface area contributed by atoms with Gasteiger partial charge in [0.1, 0.15) is 0 Å². The van der Waals surface area contributed by atoms with Crippen molar-refractivity contribution in [2.45, 2.75) is 44.8 Å². The fraction of sp³-hybridized carbons (Fsp3) is 0.571. The minimum absolute atomic E-state index is 0.115. The molecule has 1 unspecified atom stereocenters. The van der Waals surface area contributed by atoms with Gasteiger partial charge in [0.15, 0.2) is 0 Å². The second-order valence-electron chi connectivity index (χ2n) is 4.95. The highest BCUT2D eigenvalue weighted by Crippen LogP contribution is 2.17. The first-order valence-electron chi connectivity index (χ1n) is 5.88. The zero-order valence-electron chi connectivity index (χ0n) is 10.6. The predicted molar refractivity (Wildman–Crippen MR) is 68.4 cm³/mol. The summed E-state index contributed by atoms with van der Waals surface area (Å²) < 4.78 is 5.38. The molecule has 1 aromatic rings. The van der Waals surface area contributed by atoms with Crippen LogP contribution in [0.3, 0.4) is 0 Å². The van der Waals surface area contributed by atoms with Gasteiger partial charge in [-0.3, -0.25) is 0 Å². The standard InChI is InChI=1S/C14H23NO/c1-14(2,16-3)11-13(15)10-9-12-7-5-4-6-8-12/h4-8,13H,9-11,15H2,1-3H3. The number of hydrogen-bond donors (Lipinski definition) is 1. The minimum Gasteiger partial charge on any atom is -0.379 e. The Labute approximate surface area is 98.8 Å². The Morgan fingerprint density at radius 1 is 1.25 bits per heavy atom. The highest BCUT2D eigenvalue weighted by molar-refractivity contribution is 5.14. The Balaban J connectivity index is 2.33. The number of aryl methyl sites for hydroxylation is 1. The normalized spacial score (nSPS) is 13.8. The predicted octanol–water partition coefficient (Wildman–Crippen LogP) is 2.76. The summed E-state index contributed by atoms with van der Waals surface area (Å²) in [6.07, 6.45) is 2.95. The fourth-order valence-electron chi connectivity index (χ4n) is 1.81. The number of rotatable bonds is 6. The van der Waals surface area contributed by atoms with Crippen molar-refractivity contribution in [1.29, 1.82) is 0 Å². The number of benzene rings is 1. The van der Waals surface area contributed by atoms with Crippen LogP contribution in [-0.4, -0.2) is 18.8 Å². The van der Waals surface area contributed by atoms with Gasteiger partial charge in [0, 0.05) is 13.2 Å². The molecule has 16 heavy (non-hydrogen) atoms. The molecule has 0 saturated carbocycles. The van der Waals surface area contributed by atoms with E-state index in [2.05, 4.69) is 38.1 Å². The Morgan fingerprint density at radius 2 is 1.88 bits per heavy atom. The van der Waals surface area contributed by atoms with Crippen LogP contribution in [0.25, 0.3) is 0 Å². The Morgan fingerprint density at radius 3 is 2.44 bits per heavy atom. The molecule has 2 heteroatoms. The summed E-state index contributed by atoms with van der Waals surface area (Å²) in [5.74, 6) is 0. The minimum atomic E-state index is -0.115. The smallest absolute Gasteiger partial charge is 0.0637 e. The summed E-state index contributed by atoms with van der Waals surface area (Å²) in [4.78, 5) is 0. The van der Waals surface area contributed by atoms with Crippen molar-refractivity contribution in [3.05, 3.63) is 35.9 Å². The van der Waals surface area contributed by atoms with Crippen LogP contribution in [-0.2, 0) is 11.2 Å². The number of hydrogen-bond acceptors (Lipinski definition) is 2. The Kier molecular flexibility index (Phi) is 4.97. The van der Waals surface area contributed by atoms with Crippen molar-refractivity contribution in [1.82, 2.24) is 0 Å². The summed E-state index contributed by atoms with van der Waals surface area (Å²) in [6, 6.07) is 10.7. The molecule has 0 aliphatic heterocycles. The van der Waals surface area contributed by atoms with Gasteiger partial charge in [-0.1, -0.05) is 30.3 Å². The monoisotopic (exact) mass is 221 g/mol. The molecule has 90 valence electrons. The van der Waals surface area contributed by atoms with E-state index in [1.165, 1.54) is 5.56 Å². The van der Waals surface area contributed by atoms with Gasteiger partial charge in [0.25, 0.3) is 0 Å². The van der Waals surface area contributed by atoms with Crippen molar-refractivity contribution < 1.29 is 4.74 Å². The second-order valence-corrected chi connectivity index (χ2v) is 4.95. The van der Waals surface area contributed by atoms with Gasteiger partial charge in [-0.2, -0.15) is 0 Å². The van der Waals surface area contributed by atoms with E-state index >= 15 is 0 Å². The van der Waals surface area contributed by atoms with Crippen LogP contribution in [0.1, 0.15) is 32.3 Å². The molecule has 0 fully saturated rings. The van der Waals surface area contributed by atoms with Crippen molar-refractivity contribution >= 4 is 0 Å². The van der Waals surface area contributed by atoms with Crippen LogP contribution in [0, 0.1) is 0 Å². The quantitative estimate of drug-likeness (QED) is 0.801. The zero-order valence-corrected chi connectivity index (χ0v) is 10.6. The van der Waals surface area contributed by atoms with E-state index in [0.717, 1.165) is 19.3 Å². The SMILES string of the molecule is COC(C)(C)CC(N)CCc1ccccc1. The fourth-order valence-corrected chi connectivity index (χ4v) is 1.81. The summed E-state index contributed by atoms with van der Waals surface area (Å²) in [7, 11) is 1.74. The molecule has 1 atom stereocenters. The van der Waals surface area contributed by atoms with E-state index in [0.29, 0.717) is 0 Å². The van der Waals surface area contributed by atoms with Crippen LogP contribution >= 0.6 is 0 Å². The second kappa shape index (κ2) is 6.02. The highest BCUT2D eigenvalue weighted by atomic mass is 16.5.